The highest BCUT2D eigenvalue weighted by Crippen LogP contribution is 2.35. The van der Waals surface area contributed by atoms with E-state index in [1.165, 1.54) is 5.56 Å². The van der Waals surface area contributed by atoms with Crippen molar-refractivity contribution in [2.24, 2.45) is 0 Å². The summed E-state index contributed by atoms with van der Waals surface area (Å²) in [6.07, 6.45) is 0. The number of rotatable bonds is 2. The van der Waals surface area contributed by atoms with Crippen molar-refractivity contribution in [1.29, 1.82) is 0 Å². The summed E-state index contributed by atoms with van der Waals surface area (Å²) in [4.78, 5) is 14.2. The maximum Gasteiger partial charge on any atom is 0.261 e. The van der Waals surface area contributed by atoms with Crippen molar-refractivity contribution in [3.63, 3.8) is 0 Å². The van der Waals surface area contributed by atoms with Crippen molar-refractivity contribution in [3.05, 3.63) is 68.4 Å². The lowest BCUT2D eigenvalue weighted by atomic mass is 10.1. The molecule has 4 aromatic rings. The van der Waals surface area contributed by atoms with Gasteiger partial charge in [0.2, 0.25) is 0 Å². The highest BCUT2D eigenvalue weighted by atomic mass is 32.1. The normalized spacial score (nSPS) is 11.7. The molecule has 2 aromatic carbocycles. The highest BCUT2D eigenvalue weighted by Gasteiger charge is 2.20. The quantitative estimate of drug-likeness (QED) is 0.432. The van der Waals surface area contributed by atoms with Crippen molar-refractivity contribution < 1.29 is 0 Å². The van der Waals surface area contributed by atoms with Gasteiger partial charge in [-0.2, -0.15) is 0 Å². The van der Waals surface area contributed by atoms with Crippen molar-refractivity contribution in [3.8, 4) is 10.4 Å². The number of aromatic nitrogens is 2. The van der Waals surface area contributed by atoms with Crippen LogP contribution in [0.4, 0.5) is 0 Å². The summed E-state index contributed by atoms with van der Waals surface area (Å²) < 4.78 is 4.69. The SMILES string of the molecule is Cc1ccccc1-c1sc(=S)n2c3ccccc3c(=O)n(C(C)C)c12. The van der Waals surface area contributed by atoms with E-state index in [4.69, 9.17) is 12.2 Å². The molecule has 2 heterocycles. The molecule has 0 N–H and O–H groups in total. The number of fused-ring (bicyclic) bond motifs is 3. The molecule has 0 saturated carbocycles. The molecule has 0 aliphatic heterocycles. The van der Waals surface area contributed by atoms with Gasteiger partial charge in [0.15, 0.2) is 3.95 Å². The predicted molar refractivity (Wildman–Crippen MR) is 108 cm³/mol. The summed E-state index contributed by atoms with van der Waals surface area (Å²) in [6.45, 7) is 6.17. The third kappa shape index (κ3) is 2.38. The van der Waals surface area contributed by atoms with Gasteiger partial charge in [-0.25, -0.2) is 0 Å². The van der Waals surface area contributed by atoms with Crippen LogP contribution in [0.1, 0.15) is 25.5 Å². The predicted octanol–water partition coefficient (Wildman–Crippen LogP) is 5.60. The van der Waals surface area contributed by atoms with Gasteiger partial charge in [0.1, 0.15) is 5.65 Å². The van der Waals surface area contributed by atoms with E-state index in [0.717, 1.165) is 25.6 Å². The van der Waals surface area contributed by atoms with Crippen LogP contribution in [0.15, 0.2) is 53.3 Å². The Morgan fingerprint density at radius 3 is 2.44 bits per heavy atom. The van der Waals surface area contributed by atoms with E-state index in [1.54, 1.807) is 11.3 Å². The van der Waals surface area contributed by atoms with Crippen LogP contribution in [0.2, 0.25) is 0 Å². The minimum absolute atomic E-state index is 0.0354. The number of hydrogen-bond donors (Lipinski definition) is 0. The van der Waals surface area contributed by atoms with Gasteiger partial charge in [0.25, 0.3) is 5.56 Å². The molecule has 0 fully saturated rings. The molecular formula is C20H18N2OS2. The van der Waals surface area contributed by atoms with Crippen LogP contribution in [0.25, 0.3) is 27.0 Å². The Bertz CT molecular complexity index is 1230. The van der Waals surface area contributed by atoms with Crippen molar-refractivity contribution in [1.82, 2.24) is 8.97 Å². The second kappa shape index (κ2) is 5.93. The van der Waals surface area contributed by atoms with E-state index >= 15 is 0 Å². The number of nitrogens with zero attached hydrogens (tertiary/aromatic N) is 2. The lowest BCUT2D eigenvalue weighted by molar-refractivity contribution is 0.595. The lowest BCUT2D eigenvalue weighted by Gasteiger charge is -2.16. The molecule has 0 aliphatic rings. The molecule has 126 valence electrons. The second-order valence-electron chi connectivity index (χ2n) is 6.46. The Balaban J connectivity index is 2.31. The molecule has 5 heteroatoms. The first-order valence-electron chi connectivity index (χ1n) is 8.25. The largest absolute Gasteiger partial charge is 0.290 e. The summed E-state index contributed by atoms with van der Waals surface area (Å²) in [5, 5.41) is 0.703. The van der Waals surface area contributed by atoms with E-state index in [0.29, 0.717) is 5.39 Å². The molecule has 0 bridgehead atoms. The highest BCUT2D eigenvalue weighted by molar-refractivity contribution is 7.73. The summed E-state index contributed by atoms with van der Waals surface area (Å²) >= 11 is 7.27. The molecule has 0 spiro atoms. The van der Waals surface area contributed by atoms with Gasteiger partial charge < -0.3 is 0 Å². The molecule has 3 nitrogen and oxygen atoms in total. The van der Waals surface area contributed by atoms with Crippen LogP contribution >= 0.6 is 23.6 Å². The molecular weight excluding hydrogens is 348 g/mol. The topological polar surface area (TPSA) is 26.4 Å². The molecule has 4 rings (SSSR count). The molecule has 0 atom stereocenters. The average Bonchev–Trinajstić information content (AvgIpc) is 2.92. The maximum atomic E-state index is 13.2. The van der Waals surface area contributed by atoms with Crippen molar-refractivity contribution in [2.75, 3.05) is 0 Å². The minimum atomic E-state index is 0.0354. The summed E-state index contributed by atoms with van der Waals surface area (Å²) in [5.41, 5.74) is 4.11. The van der Waals surface area contributed by atoms with Gasteiger partial charge >= 0.3 is 0 Å². The molecule has 0 amide bonds. The van der Waals surface area contributed by atoms with Crippen molar-refractivity contribution in [2.45, 2.75) is 26.8 Å². The molecule has 25 heavy (non-hydrogen) atoms. The van der Waals surface area contributed by atoms with E-state index in [-0.39, 0.29) is 11.6 Å². The van der Waals surface area contributed by atoms with Crippen LogP contribution < -0.4 is 5.56 Å². The Kier molecular flexibility index (Phi) is 3.85. The Morgan fingerprint density at radius 2 is 1.72 bits per heavy atom. The zero-order valence-corrected chi connectivity index (χ0v) is 15.9. The standard InChI is InChI=1S/C20H18N2OS2/c1-12(2)21-18-17(14-9-5-4-8-13(14)3)25-20(24)22(18)16-11-7-6-10-15(16)19(21)23/h4-12H,1-3H3. The smallest absolute Gasteiger partial charge is 0.261 e. The van der Waals surface area contributed by atoms with Crippen LogP contribution in [-0.4, -0.2) is 8.97 Å². The first-order valence-corrected chi connectivity index (χ1v) is 9.48. The molecule has 0 radical (unpaired) electrons. The van der Waals surface area contributed by atoms with Crippen LogP contribution in [0, 0.1) is 10.9 Å². The number of para-hydroxylation sites is 1. The van der Waals surface area contributed by atoms with Gasteiger partial charge in [-0.1, -0.05) is 36.4 Å². The van der Waals surface area contributed by atoms with Gasteiger partial charge in [0, 0.05) is 6.04 Å². The number of thiazole rings is 1. The van der Waals surface area contributed by atoms with Crippen LogP contribution in [-0.2, 0) is 0 Å². The Hall–Kier alpha value is -2.24. The zero-order chi connectivity index (χ0) is 17.7. The molecule has 2 aromatic heterocycles. The van der Waals surface area contributed by atoms with Gasteiger partial charge in [-0.05, 0) is 56.2 Å². The van der Waals surface area contributed by atoms with E-state index in [1.807, 2.05) is 54.8 Å². The van der Waals surface area contributed by atoms with Crippen LogP contribution in [0.3, 0.4) is 0 Å². The fourth-order valence-electron chi connectivity index (χ4n) is 3.35. The zero-order valence-electron chi connectivity index (χ0n) is 14.3. The van der Waals surface area contributed by atoms with E-state index in [9.17, 15) is 4.79 Å². The average molecular weight is 367 g/mol. The fourth-order valence-corrected chi connectivity index (χ4v) is 4.86. The number of hydrogen-bond acceptors (Lipinski definition) is 3. The molecule has 0 saturated heterocycles. The third-order valence-corrected chi connectivity index (χ3v) is 5.91. The number of benzene rings is 2. The fraction of sp³-hybridized carbons (Fsp3) is 0.200. The first-order chi connectivity index (χ1) is 12.0. The molecule has 0 aliphatic carbocycles. The lowest BCUT2D eigenvalue weighted by Crippen LogP contribution is -2.24. The second-order valence-corrected chi connectivity index (χ2v) is 8.10. The van der Waals surface area contributed by atoms with E-state index in [2.05, 4.69) is 23.5 Å². The van der Waals surface area contributed by atoms with E-state index < -0.39 is 0 Å². The van der Waals surface area contributed by atoms with Gasteiger partial charge in [-0.3, -0.25) is 13.8 Å². The van der Waals surface area contributed by atoms with Crippen molar-refractivity contribution >= 4 is 40.1 Å². The summed E-state index contributed by atoms with van der Waals surface area (Å²) in [7, 11) is 0. The minimum Gasteiger partial charge on any atom is -0.290 e. The summed E-state index contributed by atoms with van der Waals surface area (Å²) in [6, 6.07) is 16.0. The third-order valence-electron chi connectivity index (χ3n) is 4.52. The maximum absolute atomic E-state index is 13.2. The van der Waals surface area contributed by atoms with Crippen LogP contribution in [0.5, 0.6) is 0 Å². The monoisotopic (exact) mass is 366 g/mol. The van der Waals surface area contributed by atoms with Gasteiger partial charge in [-0.15, -0.1) is 11.3 Å². The Morgan fingerprint density at radius 1 is 1.04 bits per heavy atom. The Labute approximate surface area is 154 Å². The van der Waals surface area contributed by atoms with Gasteiger partial charge in [0.05, 0.1) is 15.8 Å². The first kappa shape index (κ1) is 16.2. The number of aryl methyl sites for hydroxylation is 1. The summed E-state index contributed by atoms with van der Waals surface area (Å²) in [5.74, 6) is 0. The molecule has 0 unspecified atom stereocenters.